The standard InChI is InChI=1S/C6H11NO2/c1-3-5-6(4-2)7(8)9/h3-4,6,8-9H,1-2,5H2. The van der Waals surface area contributed by atoms with Crippen molar-refractivity contribution in [2.24, 2.45) is 0 Å². The van der Waals surface area contributed by atoms with E-state index in [1.165, 1.54) is 6.08 Å². The maximum atomic E-state index is 8.41. The van der Waals surface area contributed by atoms with Gasteiger partial charge in [0.15, 0.2) is 0 Å². The first-order chi connectivity index (χ1) is 4.22. The van der Waals surface area contributed by atoms with Crippen molar-refractivity contribution in [3.05, 3.63) is 25.3 Å². The zero-order valence-corrected chi connectivity index (χ0v) is 5.20. The fraction of sp³-hybridized carbons (Fsp3) is 0.333. The molecule has 0 heterocycles. The van der Waals surface area contributed by atoms with E-state index in [2.05, 4.69) is 13.2 Å². The first kappa shape index (κ1) is 8.36. The van der Waals surface area contributed by atoms with Gasteiger partial charge in [-0.15, -0.1) is 13.2 Å². The molecule has 1 unspecified atom stereocenters. The van der Waals surface area contributed by atoms with Crippen LogP contribution in [0.25, 0.3) is 0 Å². The Morgan fingerprint density at radius 2 is 2.00 bits per heavy atom. The van der Waals surface area contributed by atoms with E-state index in [0.29, 0.717) is 6.42 Å². The molecule has 3 heteroatoms. The van der Waals surface area contributed by atoms with Crippen LogP contribution in [0.1, 0.15) is 6.42 Å². The molecule has 3 nitrogen and oxygen atoms in total. The molecule has 0 spiro atoms. The Bertz CT molecular complexity index is 101. The van der Waals surface area contributed by atoms with E-state index in [1.54, 1.807) is 6.08 Å². The number of hydroxylamine groups is 2. The topological polar surface area (TPSA) is 43.7 Å². The number of hydrogen-bond acceptors (Lipinski definition) is 3. The minimum atomic E-state index is -0.442. The van der Waals surface area contributed by atoms with Gasteiger partial charge in [-0.3, -0.25) is 10.4 Å². The van der Waals surface area contributed by atoms with Crippen LogP contribution in [0.5, 0.6) is 0 Å². The number of rotatable bonds is 4. The van der Waals surface area contributed by atoms with Crippen molar-refractivity contribution in [3.63, 3.8) is 0 Å². The van der Waals surface area contributed by atoms with Crippen LogP contribution >= 0.6 is 0 Å². The molecule has 0 fully saturated rings. The molecule has 0 saturated carbocycles. The van der Waals surface area contributed by atoms with E-state index < -0.39 is 6.04 Å². The minimum Gasteiger partial charge on any atom is -0.289 e. The smallest absolute Gasteiger partial charge is 0.0835 e. The number of nitrogens with zero attached hydrogens (tertiary/aromatic N) is 1. The van der Waals surface area contributed by atoms with Gasteiger partial charge in [0.2, 0.25) is 0 Å². The van der Waals surface area contributed by atoms with Crippen LogP contribution in [0.2, 0.25) is 0 Å². The summed E-state index contributed by atoms with van der Waals surface area (Å²) in [7, 11) is 0. The molecule has 0 aromatic rings. The predicted octanol–water partition coefficient (Wildman–Crippen LogP) is 1.20. The summed E-state index contributed by atoms with van der Waals surface area (Å²) >= 11 is 0. The van der Waals surface area contributed by atoms with Crippen LogP contribution < -0.4 is 0 Å². The van der Waals surface area contributed by atoms with Crippen molar-refractivity contribution in [2.75, 3.05) is 0 Å². The van der Waals surface area contributed by atoms with Crippen LogP contribution in [0, 0.1) is 0 Å². The van der Waals surface area contributed by atoms with E-state index in [-0.39, 0.29) is 5.23 Å². The second-order valence-corrected chi connectivity index (χ2v) is 1.65. The lowest BCUT2D eigenvalue weighted by Crippen LogP contribution is -2.26. The summed E-state index contributed by atoms with van der Waals surface area (Å²) in [6.45, 7) is 6.83. The van der Waals surface area contributed by atoms with Crippen LogP contribution in [-0.4, -0.2) is 21.7 Å². The molecule has 0 aliphatic heterocycles. The Morgan fingerprint density at radius 3 is 2.11 bits per heavy atom. The summed E-state index contributed by atoms with van der Waals surface area (Å²) in [5.74, 6) is 0. The molecule has 0 aromatic heterocycles. The average Bonchev–Trinajstić information content (AvgIpc) is 1.82. The Hall–Kier alpha value is -0.640. The van der Waals surface area contributed by atoms with Gasteiger partial charge in [-0.1, -0.05) is 17.4 Å². The highest BCUT2D eigenvalue weighted by Gasteiger charge is 2.06. The molecule has 0 bridgehead atoms. The van der Waals surface area contributed by atoms with E-state index in [9.17, 15) is 0 Å². The Kier molecular flexibility index (Phi) is 3.96. The Balaban J connectivity index is 3.66. The fourth-order valence-electron chi connectivity index (χ4n) is 0.456. The number of hydrogen-bond donors (Lipinski definition) is 2. The molecule has 2 N–H and O–H groups in total. The second kappa shape index (κ2) is 4.26. The van der Waals surface area contributed by atoms with Gasteiger partial charge in [0.25, 0.3) is 0 Å². The van der Waals surface area contributed by atoms with Gasteiger partial charge in [0.05, 0.1) is 6.04 Å². The molecule has 0 saturated heterocycles. The van der Waals surface area contributed by atoms with Crippen LogP contribution in [0.15, 0.2) is 25.3 Å². The maximum Gasteiger partial charge on any atom is 0.0835 e. The van der Waals surface area contributed by atoms with Gasteiger partial charge in [0, 0.05) is 0 Å². The van der Waals surface area contributed by atoms with Crippen molar-refractivity contribution in [3.8, 4) is 0 Å². The summed E-state index contributed by atoms with van der Waals surface area (Å²) < 4.78 is 0. The third-order valence-electron chi connectivity index (χ3n) is 0.977. The first-order valence-electron chi connectivity index (χ1n) is 2.62. The van der Waals surface area contributed by atoms with Crippen LogP contribution in [0.3, 0.4) is 0 Å². The lowest BCUT2D eigenvalue weighted by atomic mass is 10.2. The lowest BCUT2D eigenvalue weighted by molar-refractivity contribution is -0.322. The summed E-state index contributed by atoms with van der Waals surface area (Å²) in [4.78, 5) is 0. The van der Waals surface area contributed by atoms with E-state index in [4.69, 9.17) is 10.4 Å². The minimum absolute atomic E-state index is 0.120. The van der Waals surface area contributed by atoms with Gasteiger partial charge in [-0.2, -0.15) is 0 Å². The zero-order valence-electron chi connectivity index (χ0n) is 5.20. The van der Waals surface area contributed by atoms with E-state index >= 15 is 0 Å². The molecule has 0 rings (SSSR count). The van der Waals surface area contributed by atoms with Crippen molar-refractivity contribution in [1.82, 2.24) is 5.23 Å². The molecule has 0 aliphatic carbocycles. The Morgan fingerprint density at radius 1 is 1.44 bits per heavy atom. The summed E-state index contributed by atoms with van der Waals surface area (Å²) in [5.41, 5.74) is 0. The highest BCUT2D eigenvalue weighted by molar-refractivity contribution is 4.88. The quantitative estimate of drug-likeness (QED) is 0.442. The van der Waals surface area contributed by atoms with Gasteiger partial charge in [-0.25, -0.2) is 0 Å². The van der Waals surface area contributed by atoms with Crippen molar-refractivity contribution >= 4 is 0 Å². The fourth-order valence-corrected chi connectivity index (χ4v) is 0.456. The van der Waals surface area contributed by atoms with Gasteiger partial charge < -0.3 is 0 Å². The molecule has 0 aromatic carbocycles. The molecule has 9 heavy (non-hydrogen) atoms. The normalized spacial score (nSPS) is 13.2. The molecule has 0 radical (unpaired) electrons. The second-order valence-electron chi connectivity index (χ2n) is 1.65. The molecule has 0 amide bonds. The molecular weight excluding hydrogens is 118 g/mol. The van der Waals surface area contributed by atoms with Crippen molar-refractivity contribution in [1.29, 1.82) is 0 Å². The zero-order chi connectivity index (χ0) is 7.28. The Labute approximate surface area is 54.4 Å². The summed E-state index contributed by atoms with van der Waals surface area (Å²) in [5, 5.41) is 16.9. The highest BCUT2D eigenvalue weighted by atomic mass is 16.8. The third kappa shape index (κ3) is 3.03. The monoisotopic (exact) mass is 129 g/mol. The van der Waals surface area contributed by atoms with E-state index in [1.807, 2.05) is 0 Å². The maximum absolute atomic E-state index is 8.41. The molecular formula is C6H11NO2. The van der Waals surface area contributed by atoms with E-state index in [0.717, 1.165) is 0 Å². The largest absolute Gasteiger partial charge is 0.289 e. The van der Waals surface area contributed by atoms with Crippen molar-refractivity contribution < 1.29 is 10.4 Å². The SMILES string of the molecule is C=CCC(C=C)N(O)O. The molecule has 52 valence electrons. The van der Waals surface area contributed by atoms with Crippen LogP contribution in [0.4, 0.5) is 0 Å². The van der Waals surface area contributed by atoms with Crippen molar-refractivity contribution in [2.45, 2.75) is 12.5 Å². The lowest BCUT2D eigenvalue weighted by Gasteiger charge is -2.13. The third-order valence-corrected chi connectivity index (χ3v) is 0.977. The first-order valence-corrected chi connectivity index (χ1v) is 2.62. The summed E-state index contributed by atoms with van der Waals surface area (Å²) in [6, 6.07) is -0.442. The van der Waals surface area contributed by atoms with Crippen LogP contribution in [-0.2, 0) is 0 Å². The van der Waals surface area contributed by atoms with Gasteiger partial charge in [0.1, 0.15) is 0 Å². The van der Waals surface area contributed by atoms with Gasteiger partial charge >= 0.3 is 0 Å². The highest BCUT2D eigenvalue weighted by Crippen LogP contribution is 1.99. The van der Waals surface area contributed by atoms with Gasteiger partial charge in [-0.05, 0) is 6.42 Å². The molecule has 1 atom stereocenters. The average molecular weight is 129 g/mol. The predicted molar refractivity (Wildman–Crippen MR) is 34.2 cm³/mol. The molecule has 0 aliphatic rings. The summed E-state index contributed by atoms with van der Waals surface area (Å²) in [6.07, 6.45) is 3.50.